The Labute approximate surface area is 127 Å². The minimum Gasteiger partial charge on any atom is -0.242 e. The van der Waals surface area contributed by atoms with Crippen molar-refractivity contribution in [1.82, 2.24) is 20.2 Å². The quantitative estimate of drug-likeness (QED) is 0.716. The van der Waals surface area contributed by atoms with Crippen molar-refractivity contribution in [3.8, 4) is 21.3 Å². The van der Waals surface area contributed by atoms with Crippen LogP contribution < -0.4 is 0 Å². The van der Waals surface area contributed by atoms with E-state index in [1.54, 1.807) is 25.3 Å². The zero-order chi connectivity index (χ0) is 15.7. The van der Waals surface area contributed by atoms with Gasteiger partial charge in [0.15, 0.2) is 5.01 Å². The van der Waals surface area contributed by atoms with Crippen LogP contribution in [0.15, 0.2) is 36.5 Å². The molecule has 22 heavy (non-hydrogen) atoms. The molecule has 112 valence electrons. The molecule has 3 aromatic rings. The Morgan fingerprint density at radius 1 is 1.05 bits per heavy atom. The molecule has 0 saturated carbocycles. The van der Waals surface area contributed by atoms with Crippen molar-refractivity contribution >= 4 is 11.3 Å². The maximum absolute atomic E-state index is 12.7. The minimum absolute atomic E-state index is 0.379. The van der Waals surface area contributed by atoms with Gasteiger partial charge in [-0.2, -0.15) is 13.2 Å². The van der Waals surface area contributed by atoms with E-state index in [2.05, 4.69) is 20.2 Å². The molecule has 0 amide bonds. The standard InChI is InChI=1S/C14H9F3N4S/c1-8-18-6-5-11(19-8)13-21-20-12(22-13)9-3-2-4-10(7-9)14(15,16)17/h2-7H,1H3. The molecule has 0 aliphatic carbocycles. The third-order valence-corrected chi connectivity index (χ3v) is 3.85. The van der Waals surface area contributed by atoms with Gasteiger partial charge in [0.2, 0.25) is 0 Å². The van der Waals surface area contributed by atoms with E-state index in [1.165, 1.54) is 17.4 Å². The molecule has 2 heterocycles. The van der Waals surface area contributed by atoms with Crippen LogP contribution in [0.25, 0.3) is 21.3 Å². The summed E-state index contributed by atoms with van der Waals surface area (Å²) in [6.07, 6.45) is -2.78. The molecule has 0 saturated heterocycles. The first kappa shape index (κ1) is 14.6. The zero-order valence-electron chi connectivity index (χ0n) is 11.3. The van der Waals surface area contributed by atoms with Crippen molar-refractivity contribution in [2.45, 2.75) is 13.1 Å². The molecule has 8 heteroatoms. The van der Waals surface area contributed by atoms with Gasteiger partial charge in [-0.3, -0.25) is 0 Å². The summed E-state index contributed by atoms with van der Waals surface area (Å²) in [6.45, 7) is 1.75. The second-order valence-corrected chi connectivity index (χ2v) is 5.46. The lowest BCUT2D eigenvalue weighted by Gasteiger charge is -2.06. The fourth-order valence-electron chi connectivity index (χ4n) is 1.85. The van der Waals surface area contributed by atoms with Gasteiger partial charge < -0.3 is 0 Å². The normalized spacial score (nSPS) is 11.6. The Balaban J connectivity index is 1.98. The van der Waals surface area contributed by atoms with Gasteiger partial charge in [-0.15, -0.1) is 10.2 Å². The molecule has 0 radical (unpaired) electrons. The molecule has 0 atom stereocenters. The molecule has 1 aromatic carbocycles. The van der Waals surface area contributed by atoms with Crippen LogP contribution in [0.2, 0.25) is 0 Å². The van der Waals surface area contributed by atoms with Crippen molar-refractivity contribution in [3.63, 3.8) is 0 Å². The average Bonchev–Trinajstić information content (AvgIpc) is 2.96. The van der Waals surface area contributed by atoms with Gasteiger partial charge in [0.25, 0.3) is 0 Å². The minimum atomic E-state index is -4.38. The van der Waals surface area contributed by atoms with E-state index >= 15 is 0 Å². The van der Waals surface area contributed by atoms with Crippen LogP contribution in [0.1, 0.15) is 11.4 Å². The number of aryl methyl sites for hydroxylation is 1. The number of aromatic nitrogens is 4. The van der Waals surface area contributed by atoms with Crippen molar-refractivity contribution < 1.29 is 13.2 Å². The summed E-state index contributed by atoms with van der Waals surface area (Å²) < 4.78 is 38.2. The molecule has 2 aromatic heterocycles. The fraction of sp³-hybridized carbons (Fsp3) is 0.143. The van der Waals surface area contributed by atoms with Crippen molar-refractivity contribution in [3.05, 3.63) is 47.9 Å². The van der Waals surface area contributed by atoms with Crippen LogP contribution in [-0.2, 0) is 6.18 Å². The van der Waals surface area contributed by atoms with Crippen LogP contribution >= 0.6 is 11.3 Å². The van der Waals surface area contributed by atoms with Gasteiger partial charge in [0.1, 0.15) is 16.5 Å². The Kier molecular flexibility index (Phi) is 3.61. The fourth-order valence-corrected chi connectivity index (χ4v) is 2.66. The van der Waals surface area contributed by atoms with Gasteiger partial charge in [-0.1, -0.05) is 23.5 Å². The zero-order valence-corrected chi connectivity index (χ0v) is 12.1. The highest BCUT2D eigenvalue weighted by molar-refractivity contribution is 7.17. The lowest BCUT2D eigenvalue weighted by molar-refractivity contribution is -0.137. The summed E-state index contributed by atoms with van der Waals surface area (Å²) in [5, 5.41) is 8.90. The Morgan fingerprint density at radius 3 is 2.55 bits per heavy atom. The van der Waals surface area contributed by atoms with Crippen LogP contribution in [0.4, 0.5) is 13.2 Å². The largest absolute Gasteiger partial charge is 0.416 e. The number of halogens is 3. The Bertz CT molecular complexity index is 814. The summed E-state index contributed by atoms with van der Waals surface area (Å²) in [7, 11) is 0. The first-order valence-corrected chi connectivity index (χ1v) is 7.06. The van der Waals surface area contributed by atoms with Gasteiger partial charge in [-0.25, -0.2) is 9.97 Å². The average molecular weight is 322 g/mol. The van der Waals surface area contributed by atoms with Crippen molar-refractivity contribution in [2.75, 3.05) is 0 Å². The smallest absolute Gasteiger partial charge is 0.242 e. The third-order valence-electron chi connectivity index (χ3n) is 2.86. The Morgan fingerprint density at radius 2 is 1.82 bits per heavy atom. The lowest BCUT2D eigenvalue weighted by Crippen LogP contribution is -2.04. The number of nitrogens with zero attached hydrogens (tertiary/aromatic N) is 4. The van der Waals surface area contributed by atoms with E-state index in [1.807, 2.05) is 0 Å². The Hall–Kier alpha value is -2.35. The molecule has 4 nitrogen and oxygen atoms in total. The predicted octanol–water partition coefficient (Wildman–Crippen LogP) is 3.99. The number of hydrogen-bond donors (Lipinski definition) is 0. The predicted molar refractivity (Wildman–Crippen MR) is 76.1 cm³/mol. The van der Waals surface area contributed by atoms with E-state index in [9.17, 15) is 13.2 Å². The summed E-state index contributed by atoms with van der Waals surface area (Å²) >= 11 is 1.19. The second-order valence-electron chi connectivity index (χ2n) is 4.48. The SMILES string of the molecule is Cc1nccc(-c2nnc(-c3cccc(C(F)(F)F)c3)s2)n1. The number of benzene rings is 1. The molecule has 0 bridgehead atoms. The van der Waals surface area contributed by atoms with E-state index in [0.29, 0.717) is 27.1 Å². The first-order chi connectivity index (χ1) is 10.4. The van der Waals surface area contributed by atoms with Crippen LogP contribution in [0.5, 0.6) is 0 Å². The first-order valence-electron chi connectivity index (χ1n) is 6.24. The van der Waals surface area contributed by atoms with Gasteiger partial charge in [0.05, 0.1) is 5.56 Å². The number of alkyl halides is 3. The lowest BCUT2D eigenvalue weighted by atomic mass is 10.1. The van der Waals surface area contributed by atoms with Crippen LogP contribution in [-0.4, -0.2) is 20.2 Å². The summed E-state index contributed by atoms with van der Waals surface area (Å²) in [6, 6.07) is 6.71. The maximum atomic E-state index is 12.7. The second kappa shape index (κ2) is 5.45. The molecular formula is C14H9F3N4S. The van der Waals surface area contributed by atoms with E-state index < -0.39 is 11.7 Å². The number of hydrogen-bond acceptors (Lipinski definition) is 5. The molecule has 0 N–H and O–H groups in total. The van der Waals surface area contributed by atoms with Crippen molar-refractivity contribution in [2.24, 2.45) is 0 Å². The monoisotopic (exact) mass is 322 g/mol. The van der Waals surface area contributed by atoms with Crippen molar-refractivity contribution in [1.29, 1.82) is 0 Å². The molecule has 0 aliphatic heterocycles. The molecule has 3 rings (SSSR count). The van der Waals surface area contributed by atoms with E-state index in [4.69, 9.17) is 0 Å². The van der Waals surface area contributed by atoms with Crippen LogP contribution in [0.3, 0.4) is 0 Å². The van der Waals surface area contributed by atoms with E-state index in [-0.39, 0.29) is 0 Å². The summed E-state index contributed by atoms with van der Waals surface area (Å²) in [5.74, 6) is 0.591. The van der Waals surface area contributed by atoms with E-state index in [0.717, 1.165) is 12.1 Å². The maximum Gasteiger partial charge on any atom is 0.416 e. The summed E-state index contributed by atoms with van der Waals surface area (Å²) in [5.41, 5.74) is 0.271. The third kappa shape index (κ3) is 2.96. The van der Waals surface area contributed by atoms with Gasteiger partial charge >= 0.3 is 6.18 Å². The molecule has 0 unspecified atom stereocenters. The van der Waals surface area contributed by atoms with Crippen LogP contribution in [0, 0.1) is 6.92 Å². The highest BCUT2D eigenvalue weighted by atomic mass is 32.1. The summed E-state index contributed by atoms with van der Waals surface area (Å²) in [4.78, 5) is 8.21. The number of rotatable bonds is 2. The molecular weight excluding hydrogens is 313 g/mol. The highest BCUT2D eigenvalue weighted by Crippen LogP contribution is 2.34. The molecule has 0 spiro atoms. The molecule has 0 aliphatic rings. The highest BCUT2D eigenvalue weighted by Gasteiger charge is 2.30. The van der Waals surface area contributed by atoms with Gasteiger partial charge in [0, 0.05) is 11.8 Å². The molecule has 0 fully saturated rings. The topological polar surface area (TPSA) is 51.6 Å². The van der Waals surface area contributed by atoms with Gasteiger partial charge in [-0.05, 0) is 25.1 Å².